The number of hydrogen-bond donors (Lipinski definition) is 3. The van der Waals surface area contributed by atoms with E-state index in [9.17, 15) is 19.8 Å². The summed E-state index contributed by atoms with van der Waals surface area (Å²) in [6.07, 6.45) is -1.90. The monoisotopic (exact) mass is 232 g/mol. The lowest BCUT2D eigenvalue weighted by Gasteiger charge is -2.25. The smallest absolute Gasteiger partial charge is 0.323 e. The maximum atomic E-state index is 11.8. The summed E-state index contributed by atoms with van der Waals surface area (Å²) in [6, 6.07) is -0.472. The Balaban J connectivity index is 2.59. The van der Waals surface area contributed by atoms with E-state index < -0.39 is 24.2 Å². The highest BCUT2D eigenvalue weighted by Gasteiger charge is 2.34. The highest BCUT2D eigenvalue weighted by Crippen LogP contribution is 2.12. The quantitative estimate of drug-likeness (QED) is 0.552. The van der Waals surface area contributed by atoms with Gasteiger partial charge in [0.1, 0.15) is 6.54 Å². The maximum absolute atomic E-state index is 11.8. The lowest BCUT2D eigenvalue weighted by atomic mass is 10.3. The number of urea groups is 1. The molecule has 7 heteroatoms. The van der Waals surface area contributed by atoms with Crippen molar-refractivity contribution in [2.45, 2.75) is 19.1 Å². The van der Waals surface area contributed by atoms with Crippen molar-refractivity contribution in [3.63, 3.8) is 0 Å². The number of nitrogens with zero attached hydrogens (tertiary/aromatic N) is 2. The summed E-state index contributed by atoms with van der Waals surface area (Å²) in [4.78, 5) is 24.7. The minimum Gasteiger partial charge on any atom is -0.480 e. The van der Waals surface area contributed by atoms with Gasteiger partial charge in [0, 0.05) is 6.54 Å². The summed E-state index contributed by atoms with van der Waals surface area (Å²) >= 11 is 0. The van der Waals surface area contributed by atoms with Crippen LogP contribution in [0.2, 0.25) is 0 Å². The van der Waals surface area contributed by atoms with Crippen LogP contribution in [0.5, 0.6) is 0 Å². The fourth-order valence-corrected chi connectivity index (χ4v) is 1.60. The molecule has 0 bridgehead atoms. The van der Waals surface area contributed by atoms with E-state index in [1.165, 1.54) is 4.90 Å². The van der Waals surface area contributed by atoms with Crippen LogP contribution in [0, 0.1) is 0 Å². The van der Waals surface area contributed by atoms with E-state index in [2.05, 4.69) is 0 Å². The third-order valence-corrected chi connectivity index (χ3v) is 2.51. The summed E-state index contributed by atoms with van der Waals surface area (Å²) in [6.45, 7) is 1.64. The van der Waals surface area contributed by atoms with Crippen molar-refractivity contribution in [2.75, 3.05) is 26.2 Å². The normalized spacial score (nSPS) is 24.6. The third-order valence-electron chi connectivity index (χ3n) is 2.51. The van der Waals surface area contributed by atoms with Gasteiger partial charge < -0.3 is 25.1 Å². The summed E-state index contributed by atoms with van der Waals surface area (Å²) in [5.41, 5.74) is 0. The van der Waals surface area contributed by atoms with Gasteiger partial charge >= 0.3 is 12.0 Å². The van der Waals surface area contributed by atoms with E-state index in [0.717, 1.165) is 4.90 Å². The van der Waals surface area contributed by atoms with Crippen LogP contribution in [0.15, 0.2) is 0 Å². The molecule has 92 valence electrons. The Kier molecular flexibility index (Phi) is 4.08. The number of hydrogen-bond acceptors (Lipinski definition) is 4. The van der Waals surface area contributed by atoms with Crippen LogP contribution in [0.3, 0.4) is 0 Å². The number of likely N-dealkylation sites (tertiary alicyclic amines) is 1. The molecule has 3 N–H and O–H groups in total. The number of carbonyl (C=O) groups excluding carboxylic acids is 1. The number of β-amino-alcohol motifs (C(OH)–C–C–N with tert-alkyl or cyclic N) is 2. The van der Waals surface area contributed by atoms with Crippen LogP contribution in [0.4, 0.5) is 4.79 Å². The molecule has 16 heavy (non-hydrogen) atoms. The minimum atomic E-state index is -1.09. The largest absolute Gasteiger partial charge is 0.480 e. The summed E-state index contributed by atoms with van der Waals surface area (Å²) in [5.74, 6) is -1.09. The van der Waals surface area contributed by atoms with E-state index >= 15 is 0 Å². The van der Waals surface area contributed by atoms with Gasteiger partial charge in [-0.15, -0.1) is 0 Å². The van der Waals surface area contributed by atoms with E-state index in [1.807, 2.05) is 0 Å². The number of aliphatic hydroxyl groups is 2. The molecule has 0 aliphatic carbocycles. The standard InChI is InChI=1S/C9H16N2O5/c1-2-10(5-8(14)15)9(16)11-3-6(12)7(13)4-11/h6-7,12-13H,2-5H2,1H3,(H,14,15). The summed E-state index contributed by atoms with van der Waals surface area (Å²) in [5, 5.41) is 27.1. The predicted molar refractivity (Wildman–Crippen MR) is 53.9 cm³/mol. The number of aliphatic hydroxyl groups excluding tert-OH is 2. The number of carbonyl (C=O) groups is 2. The van der Waals surface area contributed by atoms with Crippen LogP contribution >= 0.6 is 0 Å². The molecule has 0 aromatic carbocycles. The predicted octanol–water partition coefficient (Wildman–Crippen LogP) is -1.45. The van der Waals surface area contributed by atoms with Crippen molar-refractivity contribution in [2.24, 2.45) is 0 Å². The van der Waals surface area contributed by atoms with Gasteiger partial charge in [0.05, 0.1) is 25.3 Å². The van der Waals surface area contributed by atoms with Crippen LogP contribution in [-0.2, 0) is 4.79 Å². The first kappa shape index (κ1) is 12.7. The second-order valence-electron chi connectivity index (χ2n) is 3.73. The molecular weight excluding hydrogens is 216 g/mol. The highest BCUT2D eigenvalue weighted by molar-refractivity contribution is 5.80. The van der Waals surface area contributed by atoms with Gasteiger partial charge in [0.2, 0.25) is 0 Å². The van der Waals surface area contributed by atoms with Crippen molar-refractivity contribution < 1.29 is 24.9 Å². The molecule has 0 aromatic heterocycles. The van der Waals surface area contributed by atoms with Crippen molar-refractivity contribution in [3.8, 4) is 0 Å². The Morgan fingerprint density at radius 2 is 1.81 bits per heavy atom. The molecule has 0 aromatic rings. The molecule has 0 radical (unpaired) electrons. The van der Waals surface area contributed by atoms with Gasteiger partial charge in [-0.1, -0.05) is 0 Å². The third kappa shape index (κ3) is 2.83. The van der Waals surface area contributed by atoms with Crippen LogP contribution in [-0.4, -0.2) is 75.5 Å². The van der Waals surface area contributed by atoms with Crippen LogP contribution in [0.1, 0.15) is 6.92 Å². The zero-order valence-electron chi connectivity index (χ0n) is 9.04. The Bertz CT molecular complexity index is 273. The van der Waals surface area contributed by atoms with Gasteiger partial charge in [0.15, 0.2) is 0 Å². The Hall–Kier alpha value is -1.34. The fraction of sp³-hybridized carbons (Fsp3) is 0.778. The molecule has 7 nitrogen and oxygen atoms in total. The molecular formula is C9H16N2O5. The minimum absolute atomic E-state index is 0.0378. The fourth-order valence-electron chi connectivity index (χ4n) is 1.60. The molecule has 1 heterocycles. The van der Waals surface area contributed by atoms with Crippen molar-refractivity contribution in [3.05, 3.63) is 0 Å². The number of amides is 2. The number of rotatable bonds is 3. The Morgan fingerprint density at radius 1 is 1.31 bits per heavy atom. The first-order chi connectivity index (χ1) is 7.45. The van der Waals surface area contributed by atoms with Crippen molar-refractivity contribution in [1.29, 1.82) is 0 Å². The Morgan fingerprint density at radius 3 is 2.19 bits per heavy atom. The van der Waals surface area contributed by atoms with Gasteiger partial charge in [-0.05, 0) is 6.92 Å². The lowest BCUT2D eigenvalue weighted by Crippen LogP contribution is -2.44. The average molecular weight is 232 g/mol. The van der Waals surface area contributed by atoms with Crippen molar-refractivity contribution >= 4 is 12.0 Å². The average Bonchev–Trinajstić information content (AvgIpc) is 2.54. The maximum Gasteiger partial charge on any atom is 0.323 e. The number of aliphatic carboxylic acids is 1. The molecule has 1 aliphatic heterocycles. The SMILES string of the molecule is CCN(CC(=O)O)C(=O)N1CC(O)C(O)C1. The van der Waals surface area contributed by atoms with E-state index in [1.54, 1.807) is 6.92 Å². The van der Waals surface area contributed by atoms with Gasteiger partial charge in [0.25, 0.3) is 0 Å². The van der Waals surface area contributed by atoms with E-state index in [0.29, 0.717) is 0 Å². The van der Waals surface area contributed by atoms with Crippen LogP contribution in [0.25, 0.3) is 0 Å². The molecule has 2 amide bonds. The molecule has 0 saturated carbocycles. The first-order valence-corrected chi connectivity index (χ1v) is 5.07. The zero-order valence-corrected chi connectivity index (χ0v) is 9.04. The molecule has 2 unspecified atom stereocenters. The van der Waals surface area contributed by atoms with Gasteiger partial charge in [-0.25, -0.2) is 4.79 Å². The molecule has 1 aliphatic rings. The molecule has 1 rings (SSSR count). The van der Waals surface area contributed by atoms with Gasteiger partial charge in [-0.2, -0.15) is 0 Å². The molecule has 0 spiro atoms. The summed E-state index contributed by atoms with van der Waals surface area (Å²) < 4.78 is 0. The summed E-state index contributed by atoms with van der Waals surface area (Å²) in [7, 11) is 0. The van der Waals surface area contributed by atoms with E-state index in [-0.39, 0.29) is 26.2 Å². The number of carboxylic acids is 1. The number of likely N-dealkylation sites (N-methyl/N-ethyl adjacent to an activating group) is 1. The number of carboxylic acid groups (broad SMARTS) is 1. The lowest BCUT2D eigenvalue weighted by molar-refractivity contribution is -0.137. The second kappa shape index (κ2) is 5.13. The molecule has 2 atom stereocenters. The zero-order chi connectivity index (χ0) is 12.3. The van der Waals surface area contributed by atoms with E-state index in [4.69, 9.17) is 5.11 Å². The molecule has 1 saturated heterocycles. The first-order valence-electron chi connectivity index (χ1n) is 5.07. The Labute approximate surface area is 92.9 Å². The van der Waals surface area contributed by atoms with Crippen LogP contribution < -0.4 is 0 Å². The van der Waals surface area contributed by atoms with Crippen molar-refractivity contribution in [1.82, 2.24) is 9.80 Å². The topological polar surface area (TPSA) is 101 Å². The highest BCUT2D eigenvalue weighted by atomic mass is 16.4. The second-order valence-corrected chi connectivity index (χ2v) is 3.73. The van der Waals surface area contributed by atoms with Gasteiger partial charge in [-0.3, -0.25) is 4.79 Å². The molecule has 1 fully saturated rings.